The Morgan fingerprint density at radius 1 is 1.53 bits per heavy atom. The molecule has 1 fully saturated rings. The fourth-order valence-corrected chi connectivity index (χ4v) is 1.94. The SMILES string of the molecule is CC(C)CN(CC(=O)O)C(=O)c1cc(C2CC2)on1. The molecule has 104 valence electrons. The van der Waals surface area contributed by atoms with E-state index in [4.69, 9.17) is 9.63 Å². The first-order valence-electron chi connectivity index (χ1n) is 6.45. The lowest BCUT2D eigenvalue weighted by atomic mass is 10.2. The van der Waals surface area contributed by atoms with Crippen molar-refractivity contribution in [1.29, 1.82) is 0 Å². The molecule has 1 aliphatic carbocycles. The van der Waals surface area contributed by atoms with E-state index in [-0.39, 0.29) is 24.1 Å². The number of carboxylic acid groups (broad SMARTS) is 1. The normalized spacial score (nSPS) is 14.7. The van der Waals surface area contributed by atoms with Crippen molar-refractivity contribution in [3.63, 3.8) is 0 Å². The summed E-state index contributed by atoms with van der Waals surface area (Å²) >= 11 is 0. The van der Waals surface area contributed by atoms with Gasteiger partial charge in [0, 0.05) is 18.5 Å². The molecule has 0 saturated heterocycles. The molecule has 1 amide bonds. The Hall–Kier alpha value is -1.85. The summed E-state index contributed by atoms with van der Waals surface area (Å²) in [5.41, 5.74) is 0.198. The van der Waals surface area contributed by atoms with Gasteiger partial charge < -0.3 is 14.5 Å². The summed E-state index contributed by atoms with van der Waals surface area (Å²) < 4.78 is 5.12. The highest BCUT2D eigenvalue weighted by Crippen LogP contribution is 2.40. The lowest BCUT2D eigenvalue weighted by Crippen LogP contribution is -2.38. The van der Waals surface area contributed by atoms with Gasteiger partial charge in [-0.1, -0.05) is 19.0 Å². The van der Waals surface area contributed by atoms with Crippen LogP contribution in [0.2, 0.25) is 0 Å². The Kier molecular flexibility index (Phi) is 3.87. The Labute approximate surface area is 111 Å². The highest BCUT2D eigenvalue weighted by Gasteiger charge is 2.30. The fourth-order valence-electron chi connectivity index (χ4n) is 1.94. The molecule has 0 aliphatic heterocycles. The van der Waals surface area contributed by atoms with E-state index in [0.29, 0.717) is 12.5 Å². The van der Waals surface area contributed by atoms with Gasteiger partial charge in [-0.3, -0.25) is 9.59 Å². The molecule has 0 radical (unpaired) electrons. The van der Waals surface area contributed by atoms with Crippen LogP contribution in [0.1, 0.15) is 48.9 Å². The number of aliphatic carboxylic acids is 1. The fraction of sp³-hybridized carbons (Fsp3) is 0.615. The summed E-state index contributed by atoms with van der Waals surface area (Å²) in [6.45, 7) is 3.93. The molecule has 6 nitrogen and oxygen atoms in total. The Bertz CT molecular complexity index is 477. The smallest absolute Gasteiger partial charge is 0.323 e. The van der Waals surface area contributed by atoms with Gasteiger partial charge >= 0.3 is 5.97 Å². The maximum Gasteiger partial charge on any atom is 0.323 e. The zero-order valence-electron chi connectivity index (χ0n) is 11.1. The van der Waals surface area contributed by atoms with Crippen molar-refractivity contribution in [2.24, 2.45) is 5.92 Å². The minimum Gasteiger partial charge on any atom is -0.480 e. The van der Waals surface area contributed by atoms with Crippen LogP contribution in [0, 0.1) is 5.92 Å². The van der Waals surface area contributed by atoms with E-state index in [1.54, 1.807) is 6.07 Å². The molecule has 0 atom stereocenters. The molecule has 0 bridgehead atoms. The summed E-state index contributed by atoms with van der Waals surface area (Å²) in [6.07, 6.45) is 2.13. The van der Waals surface area contributed by atoms with Crippen LogP contribution in [-0.2, 0) is 4.79 Å². The number of hydrogen-bond donors (Lipinski definition) is 1. The van der Waals surface area contributed by atoms with E-state index < -0.39 is 5.97 Å². The minimum atomic E-state index is -1.03. The van der Waals surface area contributed by atoms with Gasteiger partial charge in [-0.25, -0.2) is 0 Å². The standard InChI is InChI=1S/C13H18N2O4/c1-8(2)6-15(7-12(16)17)13(18)10-5-11(19-14-10)9-3-4-9/h5,8-9H,3-4,6-7H2,1-2H3,(H,16,17). The molecule has 1 aromatic rings. The predicted molar refractivity (Wildman–Crippen MR) is 66.9 cm³/mol. The zero-order valence-corrected chi connectivity index (χ0v) is 11.1. The number of hydrogen-bond acceptors (Lipinski definition) is 4. The predicted octanol–water partition coefficient (Wildman–Crippen LogP) is 1.73. The number of nitrogens with zero attached hydrogens (tertiary/aromatic N) is 2. The Morgan fingerprint density at radius 2 is 2.21 bits per heavy atom. The van der Waals surface area contributed by atoms with Crippen molar-refractivity contribution in [2.75, 3.05) is 13.1 Å². The van der Waals surface area contributed by atoms with Gasteiger partial charge in [0.25, 0.3) is 5.91 Å². The molecule has 1 aliphatic rings. The number of rotatable bonds is 6. The molecule has 1 saturated carbocycles. The molecule has 2 rings (SSSR count). The van der Waals surface area contributed by atoms with E-state index in [1.165, 1.54) is 4.90 Å². The van der Waals surface area contributed by atoms with Crippen LogP contribution < -0.4 is 0 Å². The highest BCUT2D eigenvalue weighted by atomic mass is 16.5. The van der Waals surface area contributed by atoms with Crippen molar-refractivity contribution in [3.05, 3.63) is 17.5 Å². The highest BCUT2D eigenvalue weighted by molar-refractivity contribution is 5.94. The molecular weight excluding hydrogens is 248 g/mol. The summed E-state index contributed by atoms with van der Waals surface area (Å²) in [4.78, 5) is 24.3. The molecular formula is C13H18N2O4. The Balaban J connectivity index is 2.09. The van der Waals surface area contributed by atoms with E-state index >= 15 is 0 Å². The first kappa shape index (κ1) is 13.6. The van der Waals surface area contributed by atoms with E-state index in [1.807, 2.05) is 13.8 Å². The summed E-state index contributed by atoms with van der Waals surface area (Å²) in [5, 5.41) is 12.6. The van der Waals surface area contributed by atoms with Crippen molar-refractivity contribution >= 4 is 11.9 Å². The van der Waals surface area contributed by atoms with Crippen LogP contribution in [0.5, 0.6) is 0 Å². The lowest BCUT2D eigenvalue weighted by molar-refractivity contribution is -0.137. The Morgan fingerprint density at radius 3 is 2.74 bits per heavy atom. The van der Waals surface area contributed by atoms with Crippen molar-refractivity contribution in [2.45, 2.75) is 32.6 Å². The second-order valence-electron chi connectivity index (χ2n) is 5.36. The molecule has 19 heavy (non-hydrogen) atoms. The van der Waals surface area contributed by atoms with Crippen molar-refractivity contribution < 1.29 is 19.2 Å². The van der Waals surface area contributed by atoms with E-state index in [2.05, 4.69) is 5.16 Å². The number of amides is 1. The third-order valence-corrected chi connectivity index (χ3v) is 2.93. The second-order valence-corrected chi connectivity index (χ2v) is 5.36. The molecule has 0 spiro atoms. The van der Waals surface area contributed by atoms with E-state index in [9.17, 15) is 9.59 Å². The molecule has 0 aromatic carbocycles. The van der Waals surface area contributed by atoms with Gasteiger partial charge in [0.05, 0.1) is 0 Å². The van der Waals surface area contributed by atoms with Crippen LogP contribution in [0.4, 0.5) is 0 Å². The molecule has 1 aromatic heterocycles. The zero-order chi connectivity index (χ0) is 14.0. The third kappa shape index (κ3) is 3.56. The molecule has 6 heteroatoms. The van der Waals surface area contributed by atoms with Crippen molar-refractivity contribution in [3.8, 4) is 0 Å². The second kappa shape index (κ2) is 5.42. The largest absolute Gasteiger partial charge is 0.480 e. The number of carboxylic acids is 1. The molecule has 1 heterocycles. The van der Waals surface area contributed by atoms with Gasteiger partial charge in [0.1, 0.15) is 12.3 Å². The summed E-state index contributed by atoms with van der Waals surface area (Å²) in [5.74, 6) is -0.111. The minimum absolute atomic E-state index is 0.193. The first-order chi connectivity index (χ1) is 8.97. The molecule has 0 unspecified atom stereocenters. The van der Waals surface area contributed by atoms with Gasteiger partial charge in [-0.2, -0.15) is 0 Å². The maximum absolute atomic E-state index is 12.2. The van der Waals surface area contributed by atoms with Gasteiger partial charge in [0.15, 0.2) is 5.69 Å². The quantitative estimate of drug-likeness (QED) is 0.847. The number of carbonyl (C=O) groups excluding carboxylic acids is 1. The van der Waals surface area contributed by atoms with Crippen LogP contribution in [0.15, 0.2) is 10.6 Å². The maximum atomic E-state index is 12.2. The third-order valence-electron chi connectivity index (χ3n) is 2.93. The monoisotopic (exact) mass is 266 g/mol. The number of aromatic nitrogens is 1. The van der Waals surface area contributed by atoms with Crippen LogP contribution in [-0.4, -0.2) is 40.1 Å². The average molecular weight is 266 g/mol. The number of carbonyl (C=O) groups is 2. The van der Waals surface area contributed by atoms with Crippen LogP contribution in [0.25, 0.3) is 0 Å². The topological polar surface area (TPSA) is 83.6 Å². The summed E-state index contributed by atoms with van der Waals surface area (Å²) in [7, 11) is 0. The molecule has 1 N–H and O–H groups in total. The first-order valence-corrected chi connectivity index (χ1v) is 6.45. The van der Waals surface area contributed by atoms with Crippen LogP contribution in [0.3, 0.4) is 0 Å². The van der Waals surface area contributed by atoms with Crippen LogP contribution >= 0.6 is 0 Å². The van der Waals surface area contributed by atoms with E-state index in [0.717, 1.165) is 18.6 Å². The van der Waals surface area contributed by atoms with Crippen molar-refractivity contribution in [1.82, 2.24) is 10.1 Å². The van der Waals surface area contributed by atoms with Gasteiger partial charge in [-0.05, 0) is 18.8 Å². The average Bonchev–Trinajstić information content (AvgIpc) is 3.04. The lowest BCUT2D eigenvalue weighted by Gasteiger charge is -2.21. The van der Waals surface area contributed by atoms with Gasteiger partial charge in [0.2, 0.25) is 0 Å². The summed E-state index contributed by atoms with van der Waals surface area (Å²) in [6, 6.07) is 1.63. The van der Waals surface area contributed by atoms with Gasteiger partial charge in [-0.15, -0.1) is 0 Å².